The third-order valence-electron chi connectivity index (χ3n) is 1.15. The van der Waals surface area contributed by atoms with Gasteiger partial charge < -0.3 is 0 Å². The molecule has 0 rings (SSSR count). The quantitative estimate of drug-likeness (QED) is 0.638. The van der Waals surface area contributed by atoms with E-state index in [-0.39, 0.29) is 0 Å². The summed E-state index contributed by atoms with van der Waals surface area (Å²) >= 11 is 0. The monoisotopic (exact) mass is 232 g/mol. The van der Waals surface area contributed by atoms with Crippen molar-refractivity contribution in [3.8, 4) is 0 Å². The van der Waals surface area contributed by atoms with Crippen LogP contribution in [0.4, 0.5) is 39.5 Å². The lowest BCUT2D eigenvalue weighted by Crippen LogP contribution is -2.52. The van der Waals surface area contributed by atoms with Crippen LogP contribution >= 0.6 is 0 Å². The summed E-state index contributed by atoms with van der Waals surface area (Å²) < 4.78 is 104. The second-order valence-electron chi connectivity index (χ2n) is 2.10. The molecule has 84 valence electrons. The summed E-state index contributed by atoms with van der Waals surface area (Å²) in [5.41, 5.74) is 0. The van der Waals surface area contributed by atoms with Gasteiger partial charge >= 0.3 is 18.0 Å². The van der Waals surface area contributed by atoms with E-state index in [2.05, 4.69) is 0 Å². The van der Waals surface area contributed by atoms with Crippen LogP contribution in [0, 0.1) is 0 Å². The molecule has 0 amide bonds. The molecule has 0 atom stereocenters. The average Bonchev–Trinajstić information content (AvgIpc) is 2.00. The molecule has 0 bridgehead atoms. The predicted octanol–water partition coefficient (Wildman–Crippen LogP) is 3.60. The van der Waals surface area contributed by atoms with Crippen molar-refractivity contribution in [2.24, 2.45) is 0 Å². The highest BCUT2D eigenvalue weighted by Gasteiger charge is 2.75. The number of allylic oxidation sites excluding steroid dienone is 1. The van der Waals surface area contributed by atoms with Crippen LogP contribution in [0.1, 0.15) is 0 Å². The highest BCUT2D eigenvalue weighted by molar-refractivity contribution is 5.10. The van der Waals surface area contributed by atoms with Gasteiger partial charge in [-0.3, -0.25) is 0 Å². The number of rotatable bonds is 2. The molecule has 0 aliphatic rings. The fraction of sp³-hybridized carbons (Fsp3) is 0.600. The number of hydrogen-bond donors (Lipinski definition) is 0. The first-order valence-electron chi connectivity index (χ1n) is 2.77. The molecule has 0 aromatic rings. The number of alkyl halides is 7. The summed E-state index contributed by atoms with van der Waals surface area (Å²) in [6, 6.07) is 0. The maximum absolute atomic E-state index is 11.9. The third-order valence-corrected chi connectivity index (χ3v) is 1.15. The smallest absolute Gasteiger partial charge is 0.212 e. The lowest BCUT2D eigenvalue weighted by molar-refractivity contribution is -0.347. The van der Waals surface area contributed by atoms with Gasteiger partial charge in [-0.25, -0.2) is 8.78 Å². The molecule has 0 heterocycles. The van der Waals surface area contributed by atoms with Gasteiger partial charge in [-0.15, -0.1) is 0 Å². The molecular formula is C5HF9. The van der Waals surface area contributed by atoms with E-state index >= 15 is 0 Å². The summed E-state index contributed by atoms with van der Waals surface area (Å²) in [6.07, 6.45) is -8.32. The van der Waals surface area contributed by atoms with Crippen molar-refractivity contribution in [3.05, 3.63) is 12.2 Å². The molecule has 0 fully saturated rings. The van der Waals surface area contributed by atoms with Crippen LogP contribution in [-0.2, 0) is 0 Å². The van der Waals surface area contributed by atoms with Crippen LogP contribution in [0.15, 0.2) is 12.2 Å². The normalized spacial score (nSPS) is 15.9. The first kappa shape index (κ1) is 13.1. The van der Waals surface area contributed by atoms with Crippen LogP contribution in [0.25, 0.3) is 0 Å². The molecule has 0 spiro atoms. The Balaban J connectivity index is 5.29. The van der Waals surface area contributed by atoms with Gasteiger partial charge in [-0.2, -0.15) is 30.7 Å². The molecule has 0 aromatic heterocycles. The molecule has 0 saturated carbocycles. The van der Waals surface area contributed by atoms with Crippen molar-refractivity contribution in [2.45, 2.75) is 18.0 Å². The maximum atomic E-state index is 11.9. The summed E-state index contributed by atoms with van der Waals surface area (Å²) in [7, 11) is 0. The topological polar surface area (TPSA) is 0 Å². The fourth-order valence-electron chi connectivity index (χ4n) is 0.397. The second-order valence-corrected chi connectivity index (χ2v) is 2.10. The highest BCUT2D eigenvalue weighted by atomic mass is 19.4. The fourth-order valence-corrected chi connectivity index (χ4v) is 0.397. The molecular weight excluding hydrogens is 231 g/mol. The SMILES string of the molecule is F/C=C(/F)C(F)(F)C(F)(F)C(F)(F)F. The molecule has 0 unspecified atom stereocenters. The minimum Gasteiger partial charge on any atom is -0.212 e. The number of halogens is 9. The molecule has 14 heavy (non-hydrogen) atoms. The first-order valence-corrected chi connectivity index (χ1v) is 2.77. The van der Waals surface area contributed by atoms with E-state index in [1.807, 2.05) is 0 Å². The van der Waals surface area contributed by atoms with Gasteiger partial charge in [-0.1, -0.05) is 0 Å². The maximum Gasteiger partial charge on any atom is 0.460 e. The molecule has 9 heteroatoms. The van der Waals surface area contributed by atoms with Crippen molar-refractivity contribution in [3.63, 3.8) is 0 Å². The van der Waals surface area contributed by atoms with E-state index in [0.29, 0.717) is 0 Å². The van der Waals surface area contributed by atoms with Gasteiger partial charge in [0.2, 0.25) is 5.83 Å². The van der Waals surface area contributed by atoms with E-state index in [4.69, 9.17) is 0 Å². The highest BCUT2D eigenvalue weighted by Crippen LogP contribution is 2.49. The molecule has 0 radical (unpaired) electrons. The van der Waals surface area contributed by atoms with Crippen molar-refractivity contribution >= 4 is 0 Å². The van der Waals surface area contributed by atoms with Crippen LogP contribution < -0.4 is 0 Å². The summed E-state index contributed by atoms with van der Waals surface area (Å²) in [6.45, 7) is 0. The Bertz CT molecular complexity index is 234. The second kappa shape index (κ2) is 3.35. The first-order chi connectivity index (χ1) is 5.98. The van der Waals surface area contributed by atoms with Gasteiger partial charge in [0, 0.05) is 0 Å². The standard InChI is InChI=1S/C5HF9/c6-1-2(7)3(8,9)4(10,11)5(12,13)14/h1H/b2-1+. The van der Waals surface area contributed by atoms with Crippen LogP contribution in [0.2, 0.25) is 0 Å². The molecule has 0 saturated heterocycles. The lowest BCUT2D eigenvalue weighted by Gasteiger charge is -2.26. The van der Waals surface area contributed by atoms with Gasteiger partial charge in [0.25, 0.3) is 0 Å². The van der Waals surface area contributed by atoms with Crippen LogP contribution in [0.3, 0.4) is 0 Å². The van der Waals surface area contributed by atoms with E-state index in [1.54, 1.807) is 0 Å². The minimum absolute atomic E-state index is 1.65. The zero-order valence-electron chi connectivity index (χ0n) is 5.98. The molecule has 0 aliphatic heterocycles. The molecule has 0 aliphatic carbocycles. The van der Waals surface area contributed by atoms with Crippen molar-refractivity contribution < 1.29 is 39.5 Å². The summed E-state index contributed by atoms with van der Waals surface area (Å²) in [5, 5.41) is 0. The largest absolute Gasteiger partial charge is 0.460 e. The molecule has 0 N–H and O–H groups in total. The van der Waals surface area contributed by atoms with Crippen molar-refractivity contribution in [1.82, 2.24) is 0 Å². The van der Waals surface area contributed by atoms with Crippen LogP contribution in [0.5, 0.6) is 0 Å². The summed E-state index contributed by atoms with van der Waals surface area (Å²) in [4.78, 5) is 0. The Morgan fingerprint density at radius 1 is 0.857 bits per heavy atom. The van der Waals surface area contributed by atoms with Gasteiger partial charge in [0.15, 0.2) is 0 Å². The van der Waals surface area contributed by atoms with Crippen LogP contribution in [-0.4, -0.2) is 18.0 Å². The Hall–Kier alpha value is -0.890. The Morgan fingerprint density at radius 3 is 1.43 bits per heavy atom. The molecule has 0 nitrogen and oxygen atoms in total. The summed E-state index contributed by atoms with van der Waals surface area (Å²) in [5.74, 6) is -16.4. The van der Waals surface area contributed by atoms with E-state index in [0.717, 1.165) is 0 Å². The lowest BCUT2D eigenvalue weighted by atomic mass is 10.1. The zero-order chi connectivity index (χ0) is 11.8. The Morgan fingerprint density at radius 2 is 1.21 bits per heavy atom. The van der Waals surface area contributed by atoms with Gasteiger partial charge in [0.1, 0.15) is 6.33 Å². The zero-order valence-corrected chi connectivity index (χ0v) is 5.98. The molecule has 0 aromatic carbocycles. The van der Waals surface area contributed by atoms with Crippen molar-refractivity contribution in [2.75, 3.05) is 0 Å². The van der Waals surface area contributed by atoms with Gasteiger partial charge in [-0.05, 0) is 0 Å². The average molecular weight is 232 g/mol. The van der Waals surface area contributed by atoms with E-state index < -0.39 is 30.2 Å². The van der Waals surface area contributed by atoms with E-state index in [9.17, 15) is 39.5 Å². The van der Waals surface area contributed by atoms with Crippen molar-refractivity contribution in [1.29, 1.82) is 0 Å². The van der Waals surface area contributed by atoms with E-state index in [1.165, 1.54) is 0 Å². The van der Waals surface area contributed by atoms with Gasteiger partial charge in [0.05, 0.1) is 0 Å². The third kappa shape index (κ3) is 1.80. The minimum atomic E-state index is -6.67. The Kier molecular flexibility index (Phi) is 3.14. The number of hydrogen-bond acceptors (Lipinski definition) is 0. The Labute approximate surface area is 71.0 Å². The predicted molar refractivity (Wildman–Crippen MR) is 26.2 cm³/mol.